The van der Waals surface area contributed by atoms with Crippen molar-refractivity contribution in [2.24, 2.45) is 37.9 Å². The van der Waals surface area contributed by atoms with Crippen LogP contribution < -0.4 is 26.0 Å². The third-order valence-corrected chi connectivity index (χ3v) is 16.1. The molecule has 6 N–H and O–H groups in total. The topological polar surface area (TPSA) is 179 Å². The van der Waals surface area contributed by atoms with E-state index in [1.807, 2.05) is 42.2 Å². The quantitative estimate of drug-likeness (QED) is 0.114. The molecule has 0 amide bonds. The fourth-order valence-electron chi connectivity index (χ4n) is 12.2. The highest BCUT2D eigenvalue weighted by molar-refractivity contribution is 7.22. The van der Waals surface area contributed by atoms with E-state index in [-0.39, 0.29) is 21.8 Å². The van der Waals surface area contributed by atoms with Crippen LogP contribution >= 0.6 is 11.3 Å². The van der Waals surface area contributed by atoms with Gasteiger partial charge in [0.2, 0.25) is 0 Å². The molecule has 1 saturated heterocycles. The average molecular weight is 839 g/mol. The van der Waals surface area contributed by atoms with Gasteiger partial charge in [-0.3, -0.25) is 14.9 Å². The van der Waals surface area contributed by atoms with Crippen LogP contribution in [0.25, 0.3) is 10.2 Å². The fraction of sp³-hybridized carbons (Fsp3) is 0.622. The number of nitrogens with two attached hydrogens (primary N) is 1. The number of hydrogen-bond donors (Lipinski definition) is 5. The number of nitrogens with one attached hydrogen (secondary N) is 2. The lowest BCUT2D eigenvalue weighted by Crippen LogP contribution is -2.50. The molecule has 5 fully saturated rings. The standard InChI is InChI=1S/C45H62N10O4S/c1-28-31-8-7-15-55(38(31)53-52-37(28)50-40-49-34-20-30(58-6)9-11-35(34)60-40)36-12-10-33(43(5,51-36)39(56)57)32(21-46)29(2)48-27-44-22-41(3)24-45(26-44,25-42(41,4)23-44)59-19-18-54-16-13-47-14-17-54/h9-12,20-21,33,39,47,56-57H,7-8,13-19,22-27,46H2,1-6H3,(H,49,50,52)/b32-21+,48-29?. The molecule has 15 heteroatoms. The van der Waals surface area contributed by atoms with Crippen molar-refractivity contribution in [1.29, 1.82) is 0 Å². The average Bonchev–Trinajstić information content (AvgIpc) is 3.75. The normalized spacial score (nSPS) is 32.9. The van der Waals surface area contributed by atoms with E-state index < -0.39 is 17.7 Å². The zero-order valence-corrected chi connectivity index (χ0v) is 36.9. The van der Waals surface area contributed by atoms with Gasteiger partial charge in [0.1, 0.15) is 17.1 Å². The number of anilines is 3. The first-order valence-corrected chi connectivity index (χ1v) is 22.5. The molecule has 60 heavy (non-hydrogen) atoms. The molecule has 10 rings (SSSR count). The third kappa shape index (κ3) is 7.12. The lowest BCUT2D eigenvalue weighted by Gasteiger charge is -2.47. The first-order chi connectivity index (χ1) is 28.7. The molecule has 4 atom stereocenters. The summed E-state index contributed by atoms with van der Waals surface area (Å²) in [5.41, 5.74) is 9.96. The van der Waals surface area contributed by atoms with Gasteiger partial charge in [0, 0.05) is 74.6 Å². The van der Waals surface area contributed by atoms with Crippen LogP contribution in [0, 0.1) is 29.1 Å². The smallest absolute Gasteiger partial charge is 0.189 e. The Morgan fingerprint density at radius 1 is 1.10 bits per heavy atom. The summed E-state index contributed by atoms with van der Waals surface area (Å²) in [6, 6.07) is 5.86. The molecular weight excluding hydrogens is 777 g/mol. The fourth-order valence-corrected chi connectivity index (χ4v) is 13.1. The van der Waals surface area contributed by atoms with E-state index in [1.54, 1.807) is 31.6 Å². The Bertz CT molecular complexity index is 2250. The maximum atomic E-state index is 11.1. The van der Waals surface area contributed by atoms with E-state index >= 15 is 0 Å². The number of ether oxygens (including phenoxy) is 2. The number of piperazine rings is 1. The second-order valence-corrected chi connectivity index (χ2v) is 20.3. The van der Waals surface area contributed by atoms with Gasteiger partial charge in [-0.2, -0.15) is 0 Å². The number of rotatable bonds is 12. The highest BCUT2D eigenvalue weighted by Crippen LogP contribution is 2.78. The number of dihydropyridines is 1. The zero-order chi connectivity index (χ0) is 42.1. The predicted molar refractivity (Wildman–Crippen MR) is 239 cm³/mol. The van der Waals surface area contributed by atoms with Crippen LogP contribution in [0.5, 0.6) is 5.75 Å². The molecule has 4 bridgehead atoms. The summed E-state index contributed by atoms with van der Waals surface area (Å²) in [4.78, 5) is 19.7. The second-order valence-electron chi connectivity index (χ2n) is 19.3. The van der Waals surface area contributed by atoms with Crippen molar-refractivity contribution in [2.75, 3.05) is 69.7 Å². The van der Waals surface area contributed by atoms with Crippen molar-refractivity contribution in [3.63, 3.8) is 0 Å². The highest BCUT2D eigenvalue weighted by Gasteiger charge is 2.73. The number of aliphatic hydroxyl groups is 2. The van der Waals surface area contributed by atoms with Gasteiger partial charge in [0.05, 0.1) is 29.5 Å². The molecular formula is C45H62N10O4S. The number of methoxy groups -OCH3 is 1. The summed E-state index contributed by atoms with van der Waals surface area (Å²) in [5, 5.41) is 39.0. The van der Waals surface area contributed by atoms with Crippen LogP contribution in [0.2, 0.25) is 0 Å². The summed E-state index contributed by atoms with van der Waals surface area (Å²) in [6.45, 7) is 18.2. The molecule has 1 aromatic carbocycles. The van der Waals surface area contributed by atoms with Crippen molar-refractivity contribution in [2.45, 2.75) is 97.0 Å². The number of aromatic nitrogens is 3. The Labute approximate surface area is 357 Å². The monoisotopic (exact) mass is 838 g/mol. The number of benzene rings is 1. The molecule has 5 heterocycles. The van der Waals surface area contributed by atoms with Crippen molar-refractivity contribution in [3.8, 4) is 5.75 Å². The van der Waals surface area contributed by atoms with Crippen LogP contribution in [-0.4, -0.2) is 119 Å². The summed E-state index contributed by atoms with van der Waals surface area (Å²) in [7, 11) is 1.65. The van der Waals surface area contributed by atoms with Crippen LogP contribution in [-0.2, 0) is 11.2 Å². The second kappa shape index (κ2) is 15.4. The maximum absolute atomic E-state index is 11.1. The molecule has 3 aromatic rings. The Balaban J connectivity index is 0.917. The van der Waals surface area contributed by atoms with Gasteiger partial charge in [-0.1, -0.05) is 31.3 Å². The number of amidine groups is 1. The van der Waals surface area contributed by atoms with Gasteiger partial charge in [-0.15, -0.1) is 10.2 Å². The number of aliphatic hydroxyl groups excluding tert-OH is 1. The lowest BCUT2D eigenvalue weighted by molar-refractivity contribution is -0.113. The van der Waals surface area contributed by atoms with Crippen molar-refractivity contribution in [1.82, 2.24) is 25.4 Å². The van der Waals surface area contributed by atoms with E-state index in [1.165, 1.54) is 0 Å². The van der Waals surface area contributed by atoms with Crippen molar-refractivity contribution in [3.05, 3.63) is 53.3 Å². The van der Waals surface area contributed by atoms with E-state index in [2.05, 4.69) is 41.4 Å². The predicted octanol–water partition coefficient (Wildman–Crippen LogP) is 5.51. The van der Waals surface area contributed by atoms with E-state index in [4.69, 9.17) is 35.3 Å². The Morgan fingerprint density at radius 3 is 2.58 bits per heavy atom. The molecule has 4 unspecified atom stereocenters. The third-order valence-electron chi connectivity index (χ3n) is 15.1. The Hall–Kier alpha value is -3.99. The number of thiazole rings is 1. The molecule has 14 nitrogen and oxygen atoms in total. The van der Waals surface area contributed by atoms with Crippen LogP contribution in [0.3, 0.4) is 0 Å². The minimum atomic E-state index is -1.76. The number of fused-ring (bicyclic) bond motifs is 2. The highest BCUT2D eigenvalue weighted by atomic mass is 32.1. The molecule has 4 saturated carbocycles. The maximum Gasteiger partial charge on any atom is 0.189 e. The summed E-state index contributed by atoms with van der Waals surface area (Å²) >= 11 is 1.55. The van der Waals surface area contributed by atoms with E-state index in [0.717, 1.165) is 134 Å². The Kier molecular flexibility index (Phi) is 10.6. The van der Waals surface area contributed by atoms with E-state index in [0.29, 0.717) is 24.7 Å². The molecule has 322 valence electrons. The lowest BCUT2D eigenvalue weighted by atomic mass is 9.64. The molecule has 3 aliphatic heterocycles. The number of hydrogen-bond acceptors (Lipinski definition) is 15. The van der Waals surface area contributed by atoms with Crippen molar-refractivity contribution < 1.29 is 19.7 Å². The minimum Gasteiger partial charge on any atom is -0.497 e. The van der Waals surface area contributed by atoms with E-state index in [9.17, 15) is 10.2 Å². The summed E-state index contributed by atoms with van der Waals surface area (Å²) in [5.74, 6) is 2.21. The SMILES string of the molecule is COc1ccc2sc(Nc3nnc4c(c3C)CCCN4C3=NC(C)(C(O)O)C(/C(=C/N)C(C)=NCC45CC6(OCCN7CCNCC7)CC(C)(C4)C(C)(C5)C6)C=C3)nc2c1. The summed E-state index contributed by atoms with van der Waals surface area (Å²) < 4.78 is 13.4. The van der Waals surface area contributed by atoms with Gasteiger partial charge in [0.25, 0.3) is 0 Å². The molecule has 2 aromatic heterocycles. The summed E-state index contributed by atoms with van der Waals surface area (Å²) in [6.07, 6.45) is 11.1. The Morgan fingerprint density at radius 2 is 1.87 bits per heavy atom. The molecule has 7 aliphatic rings. The first-order valence-electron chi connectivity index (χ1n) is 21.7. The number of nitrogens with zero attached hydrogens (tertiary/aromatic N) is 7. The molecule has 0 spiro atoms. The molecule has 4 aliphatic carbocycles. The van der Waals surface area contributed by atoms with Gasteiger partial charge in [-0.25, -0.2) is 4.98 Å². The van der Waals surface area contributed by atoms with Crippen LogP contribution in [0.4, 0.5) is 16.8 Å². The number of aliphatic imine (C=N–C) groups is 2. The van der Waals surface area contributed by atoms with Gasteiger partial charge < -0.3 is 41.0 Å². The zero-order valence-electron chi connectivity index (χ0n) is 36.1. The van der Waals surface area contributed by atoms with Crippen LogP contribution in [0.1, 0.15) is 77.3 Å². The van der Waals surface area contributed by atoms with Gasteiger partial charge >= 0.3 is 0 Å². The van der Waals surface area contributed by atoms with Crippen molar-refractivity contribution >= 4 is 49.9 Å². The van der Waals surface area contributed by atoms with Gasteiger partial charge in [0.15, 0.2) is 23.1 Å². The largest absolute Gasteiger partial charge is 0.497 e. The molecule has 0 radical (unpaired) electrons. The first kappa shape index (κ1) is 41.4. The van der Waals surface area contributed by atoms with Gasteiger partial charge in [-0.05, 0) is 112 Å². The minimum absolute atomic E-state index is 0.0578. The van der Waals surface area contributed by atoms with Crippen LogP contribution in [0.15, 0.2) is 52.1 Å².